The fraction of sp³-hybridized carbons (Fsp3) is 0.400. The average Bonchev–Trinajstić information content (AvgIpc) is 3.57. The number of carbonyl (C=O) groups is 2. The summed E-state index contributed by atoms with van der Waals surface area (Å²) in [6, 6.07) is 17.3. The summed E-state index contributed by atoms with van der Waals surface area (Å²) in [6.45, 7) is 4.43. The van der Waals surface area contributed by atoms with Crippen molar-refractivity contribution in [2.45, 2.75) is 31.6 Å². The third kappa shape index (κ3) is 6.64. The highest BCUT2D eigenvalue weighted by molar-refractivity contribution is 7.08. The van der Waals surface area contributed by atoms with E-state index in [1.54, 1.807) is 29.5 Å². The van der Waals surface area contributed by atoms with Crippen molar-refractivity contribution in [2.24, 2.45) is 11.8 Å². The molecule has 1 aromatic heterocycles. The number of piperidine rings is 1. The van der Waals surface area contributed by atoms with Crippen molar-refractivity contribution in [2.75, 3.05) is 32.7 Å². The van der Waals surface area contributed by atoms with Crippen LogP contribution in [0.25, 0.3) is 0 Å². The van der Waals surface area contributed by atoms with Gasteiger partial charge in [-0.1, -0.05) is 53.5 Å². The van der Waals surface area contributed by atoms with E-state index < -0.39 is 0 Å². The molecule has 2 unspecified atom stereocenters. The number of likely N-dealkylation sites (tertiary alicyclic amines) is 2. The van der Waals surface area contributed by atoms with Gasteiger partial charge in [0.05, 0.1) is 10.0 Å². The minimum Gasteiger partial charge on any atom is -0.338 e. The highest BCUT2D eigenvalue weighted by Crippen LogP contribution is 2.36. The first kappa shape index (κ1) is 26.4. The highest BCUT2D eigenvalue weighted by atomic mass is 35.5. The number of nitrogens with zero attached hydrogens (tertiary/aromatic N) is 2. The van der Waals surface area contributed by atoms with Gasteiger partial charge in [-0.25, -0.2) is 0 Å². The van der Waals surface area contributed by atoms with E-state index in [1.165, 1.54) is 5.56 Å². The second kappa shape index (κ2) is 12.1. The van der Waals surface area contributed by atoms with Gasteiger partial charge in [-0.2, -0.15) is 11.3 Å². The van der Waals surface area contributed by atoms with Gasteiger partial charge in [-0.05, 0) is 83.9 Å². The zero-order chi connectivity index (χ0) is 25.8. The Hall–Kier alpha value is -2.18. The number of rotatable bonds is 8. The SMILES string of the molecule is O=C(Cc1ccccc1)CC1CCN(CC2CN(C(=O)c3ccc(Cl)c(Cl)c3)CC2c2ccsc2)CC1. The Kier molecular flexibility index (Phi) is 8.66. The summed E-state index contributed by atoms with van der Waals surface area (Å²) in [4.78, 5) is 30.4. The van der Waals surface area contributed by atoms with Gasteiger partial charge in [0.1, 0.15) is 5.78 Å². The number of thiophene rings is 1. The van der Waals surface area contributed by atoms with Crippen molar-refractivity contribution in [1.82, 2.24) is 9.80 Å². The number of halogens is 2. The van der Waals surface area contributed by atoms with Crippen molar-refractivity contribution in [3.63, 3.8) is 0 Å². The number of benzene rings is 2. The van der Waals surface area contributed by atoms with E-state index in [4.69, 9.17) is 23.2 Å². The fourth-order valence-corrected chi connectivity index (χ4v) is 6.84. The summed E-state index contributed by atoms with van der Waals surface area (Å²) in [5, 5.41) is 5.20. The number of carbonyl (C=O) groups excluding carboxylic acids is 2. The molecule has 0 saturated carbocycles. The van der Waals surface area contributed by atoms with Crippen LogP contribution in [-0.2, 0) is 11.2 Å². The van der Waals surface area contributed by atoms with Crippen molar-refractivity contribution < 1.29 is 9.59 Å². The maximum atomic E-state index is 13.3. The van der Waals surface area contributed by atoms with E-state index in [-0.39, 0.29) is 5.91 Å². The topological polar surface area (TPSA) is 40.6 Å². The van der Waals surface area contributed by atoms with Crippen LogP contribution in [0.3, 0.4) is 0 Å². The van der Waals surface area contributed by atoms with E-state index in [0.717, 1.165) is 44.6 Å². The molecule has 3 heterocycles. The first-order chi connectivity index (χ1) is 18.0. The largest absolute Gasteiger partial charge is 0.338 e. The lowest BCUT2D eigenvalue weighted by atomic mass is 9.87. The van der Waals surface area contributed by atoms with Crippen LogP contribution in [0.5, 0.6) is 0 Å². The van der Waals surface area contributed by atoms with E-state index in [9.17, 15) is 9.59 Å². The van der Waals surface area contributed by atoms with Crippen LogP contribution < -0.4 is 0 Å². The molecular weight excluding hydrogens is 523 g/mol. The molecule has 5 rings (SSSR count). The average molecular weight is 556 g/mol. The normalized spacial score (nSPS) is 20.9. The van der Waals surface area contributed by atoms with Gasteiger partial charge < -0.3 is 9.80 Å². The first-order valence-electron chi connectivity index (χ1n) is 13.0. The van der Waals surface area contributed by atoms with Gasteiger partial charge in [0.15, 0.2) is 0 Å². The molecule has 37 heavy (non-hydrogen) atoms. The maximum absolute atomic E-state index is 13.3. The zero-order valence-electron chi connectivity index (χ0n) is 20.8. The van der Waals surface area contributed by atoms with E-state index in [0.29, 0.717) is 58.5 Å². The predicted octanol–water partition coefficient (Wildman–Crippen LogP) is 6.82. The molecule has 0 spiro atoms. The van der Waals surface area contributed by atoms with Crippen LogP contribution >= 0.6 is 34.5 Å². The number of hydrogen-bond donors (Lipinski definition) is 0. The molecular formula is C30H32Cl2N2O2S. The van der Waals surface area contributed by atoms with Crippen LogP contribution in [0, 0.1) is 11.8 Å². The van der Waals surface area contributed by atoms with Crippen molar-refractivity contribution in [1.29, 1.82) is 0 Å². The maximum Gasteiger partial charge on any atom is 0.253 e. The van der Waals surface area contributed by atoms with E-state index >= 15 is 0 Å². The molecule has 1 amide bonds. The quantitative estimate of drug-likeness (QED) is 0.306. The van der Waals surface area contributed by atoms with Crippen molar-refractivity contribution >= 4 is 46.2 Å². The zero-order valence-corrected chi connectivity index (χ0v) is 23.2. The Balaban J connectivity index is 1.17. The van der Waals surface area contributed by atoms with Gasteiger partial charge >= 0.3 is 0 Å². The molecule has 3 aromatic rings. The monoisotopic (exact) mass is 554 g/mol. The summed E-state index contributed by atoms with van der Waals surface area (Å²) in [6.07, 6.45) is 3.33. The molecule has 2 aromatic carbocycles. The second-order valence-corrected chi connectivity index (χ2v) is 12.0. The minimum absolute atomic E-state index is 0.0110. The lowest BCUT2D eigenvalue weighted by Crippen LogP contribution is -2.39. The summed E-state index contributed by atoms with van der Waals surface area (Å²) in [7, 11) is 0. The van der Waals surface area contributed by atoms with Crippen LogP contribution in [0.4, 0.5) is 0 Å². The van der Waals surface area contributed by atoms with Crippen LogP contribution in [0.2, 0.25) is 10.0 Å². The second-order valence-electron chi connectivity index (χ2n) is 10.4. The minimum atomic E-state index is 0.0110. The number of Topliss-reactive ketones (excluding diaryl/α,β-unsaturated/α-hetero) is 1. The van der Waals surface area contributed by atoms with Crippen molar-refractivity contribution in [3.05, 3.63) is 92.1 Å². The molecule has 2 aliphatic heterocycles. The summed E-state index contributed by atoms with van der Waals surface area (Å²) in [5.74, 6) is 1.52. The standard InChI is InChI=1S/C30H32Cl2N2O2S/c31-28-7-6-23(16-29(28)32)30(36)34-18-25(27(19-34)24-10-13-37-20-24)17-33-11-8-22(9-12-33)15-26(35)14-21-4-2-1-3-5-21/h1-7,10,13,16,20,22,25,27H,8-9,11-12,14-15,17-19H2. The molecule has 2 atom stereocenters. The Labute approximate surface area is 233 Å². The van der Waals surface area contributed by atoms with E-state index in [2.05, 4.69) is 21.7 Å². The van der Waals surface area contributed by atoms with Gasteiger partial charge in [0.25, 0.3) is 5.91 Å². The molecule has 4 nitrogen and oxygen atoms in total. The van der Waals surface area contributed by atoms with Crippen molar-refractivity contribution in [3.8, 4) is 0 Å². The molecule has 0 N–H and O–H groups in total. The molecule has 194 valence electrons. The summed E-state index contributed by atoms with van der Waals surface area (Å²) < 4.78 is 0. The predicted molar refractivity (Wildman–Crippen MR) is 152 cm³/mol. The van der Waals surface area contributed by atoms with Crippen LogP contribution in [0.15, 0.2) is 65.4 Å². The van der Waals surface area contributed by atoms with Gasteiger partial charge in [-0.3, -0.25) is 9.59 Å². The number of hydrogen-bond acceptors (Lipinski definition) is 4. The fourth-order valence-electron chi connectivity index (χ4n) is 5.82. The lowest BCUT2D eigenvalue weighted by molar-refractivity contribution is -0.119. The molecule has 0 radical (unpaired) electrons. The Morgan fingerprint density at radius 2 is 1.73 bits per heavy atom. The summed E-state index contributed by atoms with van der Waals surface area (Å²) in [5.41, 5.74) is 3.01. The Bertz CT molecular complexity index is 1210. The Morgan fingerprint density at radius 3 is 2.43 bits per heavy atom. The van der Waals surface area contributed by atoms with E-state index in [1.807, 2.05) is 35.2 Å². The molecule has 0 bridgehead atoms. The van der Waals surface area contributed by atoms with Crippen LogP contribution in [0.1, 0.15) is 46.7 Å². The highest BCUT2D eigenvalue weighted by Gasteiger charge is 2.38. The third-order valence-electron chi connectivity index (χ3n) is 7.83. The molecule has 2 saturated heterocycles. The third-order valence-corrected chi connectivity index (χ3v) is 9.27. The number of ketones is 1. The molecule has 7 heteroatoms. The lowest BCUT2D eigenvalue weighted by Gasteiger charge is -2.34. The van der Waals surface area contributed by atoms with Crippen LogP contribution in [-0.4, -0.2) is 54.2 Å². The van der Waals surface area contributed by atoms with Gasteiger partial charge in [0, 0.05) is 44.0 Å². The Morgan fingerprint density at radius 1 is 0.946 bits per heavy atom. The first-order valence-corrected chi connectivity index (χ1v) is 14.7. The molecule has 0 aliphatic carbocycles. The molecule has 2 aliphatic rings. The van der Waals surface area contributed by atoms with Gasteiger partial charge in [-0.15, -0.1) is 0 Å². The smallest absolute Gasteiger partial charge is 0.253 e. The molecule has 2 fully saturated rings. The summed E-state index contributed by atoms with van der Waals surface area (Å²) >= 11 is 14.0. The number of amides is 1. The van der Waals surface area contributed by atoms with Gasteiger partial charge in [0.2, 0.25) is 0 Å².